The summed E-state index contributed by atoms with van der Waals surface area (Å²) in [6.07, 6.45) is 3.42. The van der Waals surface area contributed by atoms with Crippen molar-refractivity contribution in [2.24, 2.45) is 5.92 Å². The normalized spacial score (nSPS) is 14.6. The highest BCUT2D eigenvalue weighted by molar-refractivity contribution is 6.31. The fourth-order valence-electron chi connectivity index (χ4n) is 2.20. The molecule has 1 nitrogen and oxygen atoms in total. The minimum absolute atomic E-state index is 0.199. The monoisotopic (exact) mass is 257 g/mol. The van der Waals surface area contributed by atoms with Gasteiger partial charge in [-0.05, 0) is 37.1 Å². The maximum absolute atomic E-state index is 13.0. The topological polar surface area (TPSA) is 12.0 Å². The molecule has 0 spiro atoms. The summed E-state index contributed by atoms with van der Waals surface area (Å²) in [5, 5.41) is 3.77. The summed E-state index contributed by atoms with van der Waals surface area (Å²) < 4.78 is 13.0. The molecule has 17 heavy (non-hydrogen) atoms. The van der Waals surface area contributed by atoms with E-state index in [1.807, 2.05) is 7.05 Å². The van der Waals surface area contributed by atoms with Gasteiger partial charge in [0.2, 0.25) is 0 Å². The van der Waals surface area contributed by atoms with Crippen molar-refractivity contribution in [1.82, 2.24) is 5.32 Å². The van der Waals surface area contributed by atoms with Crippen LogP contribution in [0.5, 0.6) is 0 Å². The maximum Gasteiger partial charge on any atom is 0.124 e. The highest BCUT2D eigenvalue weighted by Gasteiger charge is 2.16. The van der Waals surface area contributed by atoms with Crippen molar-refractivity contribution in [3.63, 3.8) is 0 Å². The molecule has 0 aliphatic carbocycles. The Hall–Kier alpha value is -0.600. The Morgan fingerprint density at radius 1 is 1.41 bits per heavy atom. The Morgan fingerprint density at radius 3 is 2.65 bits per heavy atom. The molecule has 2 atom stereocenters. The predicted octanol–water partition coefficient (Wildman–Crippen LogP) is 4.57. The van der Waals surface area contributed by atoms with Gasteiger partial charge >= 0.3 is 0 Å². The third-order valence-corrected chi connectivity index (χ3v) is 3.43. The third-order valence-electron chi connectivity index (χ3n) is 3.11. The van der Waals surface area contributed by atoms with Gasteiger partial charge in [-0.2, -0.15) is 0 Å². The molecule has 0 radical (unpaired) electrons. The van der Waals surface area contributed by atoms with Crippen molar-refractivity contribution in [2.75, 3.05) is 7.05 Å². The summed E-state index contributed by atoms with van der Waals surface area (Å²) in [5.41, 5.74) is 0.985. The molecule has 0 saturated carbocycles. The van der Waals surface area contributed by atoms with E-state index in [1.54, 1.807) is 6.07 Å². The van der Waals surface area contributed by atoms with Crippen LogP contribution in [0.1, 0.15) is 44.7 Å². The molecule has 0 aliphatic heterocycles. The fourth-order valence-corrected chi connectivity index (χ4v) is 2.50. The minimum Gasteiger partial charge on any atom is -0.313 e. The van der Waals surface area contributed by atoms with Gasteiger partial charge in [-0.1, -0.05) is 44.4 Å². The number of hydrogen-bond acceptors (Lipinski definition) is 1. The zero-order valence-corrected chi connectivity index (χ0v) is 11.5. The maximum atomic E-state index is 13.0. The van der Waals surface area contributed by atoms with Crippen LogP contribution in [0.4, 0.5) is 4.39 Å². The molecule has 0 fully saturated rings. The zero-order chi connectivity index (χ0) is 12.8. The Bertz CT molecular complexity index is 354. The van der Waals surface area contributed by atoms with Crippen LogP contribution in [-0.2, 0) is 0 Å². The van der Waals surface area contributed by atoms with Gasteiger partial charge in [0, 0.05) is 11.1 Å². The average molecular weight is 258 g/mol. The fraction of sp³-hybridized carbons (Fsp3) is 0.571. The van der Waals surface area contributed by atoms with Crippen molar-refractivity contribution in [3.8, 4) is 0 Å². The van der Waals surface area contributed by atoms with Crippen molar-refractivity contribution < 1.29 is 4.39 Å². The zero-order valence-electron chi connectivity index (χ0n) is 10.8. The molecule has 0 aliphatic rings. The first kappa shape index (κ1) is 14.5. The van der Waals surface area contributed by atoms with Gasteiger partial charge in [0.25, 0.3) is 0 Å². The number of benzene rings is 1. The van der Waals surface area contributed by atoms with Crippen LogP contribution in [0.25, 0.3) is 0 Å². The molecular formula is C14H21ClFN. The van der Waals surface area contributed by atoms with Crippen molar-refractivity contribution >= 4 is 11.6 Å². The van der Waals surface area contributed by atoms with E-state index in [9.17, 15) is 4.39 Å². The van der Waals surface area contributed by atoms with Crippen molar-refractivity contribution in [1.29, 1.82) is 0 Å². The van der Waals surface area contributed by atoms with Gasteiger partial charge in [0.15, 0.2) is 0 Å². The lowest BCUT2D eigenvalue weighted by Gasteiger charge is -2.21. The van der Waals surface area contributed by atoms with E-state index in [2.05, 4.69) is 19.2 Å². The molecule has 1 aromatic carbocycles. The quantitative estimate of drug-likeness (QED) is 0.787. The lowest BCUT2D eigenvalue weighted by Crippen LogP contribution is -2.19. The Morgan fingerprint density at radius 2 is 2.12 bits per heavy atom. The van der Waals surface area contributed by atoms with Gasteiger partial charge < -0.3 is 5.32 Å². The second kappa shape index (κ2) is 6.97. The smallest absolute Gasteiger partial charge is 0.124 e. The van der Waals surface area contributed by atoms with Gasteiger partial charge in [-0.25, -0.2) is 4.39 Å². The van der Waals surface area contributed by atoms with Crippen LogP contribution in [-0.4, -0.2) is 7.05 Å². The lowest BCUT2D eigenvalue weighted by atomic mass is 9.93. The summed E-state index contributed by atoms with van der Waals surface area (Å²) in [6, 6.07) is 4.82. The summed E-state index contributed by atoms with van der Waals surface area (Å²) in [4.78, 5) is 0. The van der Waals surface area contributed by atoms with Gasteiger partial charge in [-0.15, -0.1) is 0 Å². The third kappa shape index (κ3) is 4.29. The predicted molar refractivity (Wildman–Crippen MR) is 71.9 cm³/mol. The summed E-state index contributed by atoms with van der Waals surface area (Å²) >= 11 is 6.08. The molecule has 96 valence electrons. The van der Waals surface area contributed by atoms with E-state index in [-0.39, 0.29) is 11.9 Å². The standard InChI is InChI=1S/C14H21ClFN/c1-4-5-10(2)8-14(17-3)12-7-6-11(16)9-13(12)15/h6-7,9-10,14,17H,4-5,8H2,1-3H3. The lowest BCUT2D eigenvalue weighted by molar-refractivity contribution is 0.406. The number of halogens is 2. The highest BCUT2D eigenvalue weighted by Crippen LogP contribution is 2.29. The molecular weight excluding hydrogens is 237 g/mol. The van der Waals surface area contributed by atoms with E-state index in [4.69, 9.17) is 11.6 Å². The molecule has 0 aromatic heterocycles. The van der Waals surface area contributed by atoms with E-state index in [1.165, 1.54) is 25.0 Å². The molecule has 0 saturated heterocycles. The first-order valence-corrected chi connectivity index (χ1v) is 6.58. The van der Waals surface area contributed by atoms with E-state index in [0.29, 0.717) is 10.9 Å². The molecule has 0 bridgehead atoms. The van der Waals surface area contributed by atoms with E-state index < -0.39 is 0 Å². The van der Waals surface area contributed by atoms with Gasteiger partial charge in [-0.3, -0.25) is 0 Å². The largest absolute Gasteiger partial charge is 0.313 e. The van der Waals surface area contributed by atoms with Crippen LogP contribution in [0.3, 0.4) is 0 Å². The number of hydrogen-bond donors (Lipinski definition) is 1. The van der Waals surface area contributed by atoms with Gasteiger partial charge in [0.1, 0.15) is 5.82 Å². The van der Waals surface area contributed by atoms with E-state index >= 15 is 0 Å². The molecule has 0 amide bonds. The molecule has 3 heteroatoms. The van der Waals surface area contributed by atoms with Crippen LogP contribution in [0.2, 0.25) is 5.02 Å². The number of nitrogens with one attached hydrogen (secondary N) is 1. The van der Waals surface area contributed by atoms with Crippen LogP contribution >= 0.6 is 11.6 Å². The molecule has 1 aromatic rings. The molecule has 1 rings (SSSR count). The van der Waals surface area contributed by atoms with Crippen LogP contribution < -0.4 is 5.32 Å². The van der Waals surface area contributed by atoms with Crippen molar-refractivity contribution in [3.05, 3.63) is 34.6 Å². The summed E-state index contributed by atoms with van der Waals surface area (Å²) in [7, 11) is 1.92. The minimum atomic E-state index is -0.282. The molecule has 0 heterocycles. The Balaban J connectivity index is 2.79. The first-order chi connectivity index (χ1) is 8.08. The molecule has 1 N–H and O–H groups in total. The Labute approximate surface area is 108 Å². The van der Waals surface area contributed by atoms with Crippen LogP contribution in [0, 0.1) is 11.7 Å². The second-order valence-electron chi connectivity index (χ2n) is 4.64. The highest BCUT2D eigenvalue weighted by atomic mass is 35.5. The SMILES string of the molecule is CCCC(C)CC(NC)c1ccc(F)cc1Cl. The summed E-state index contributed by atoms with van der Waals surface area (Å²) in [6.45, 7) is 4.43. The van der Waals surface area contributed by atoms with Gasteiger partial charge in [0.05, 0.1) is 0 Å². The van der Waals surface area contributed by atoms with Crippen molar-refractivity contribution in [2.45, 2.75) is 39.2 Å². The first-order valence-electron chi connectivity index (χ1n) is 6.20. The average Bonchev–Trinajstić information content (AvgIpc) is 2.27. The van der Waals surface area contributed by atoms with E-state index in [0.717, 1.165) is 12.0 Å². The molecule has 2 unspecified atom stereocenters. The number of rotatable bonds is 6. The van der Waals surface area contributed by atoms with Crippen LogP contribution in [0.15, 0.2) is 18.2 Å². The Kier molecular flexibility index (Phi) is 5.93. The summed E-state index contributed by atoms with van der Waals surface area (Å²) in [5.74, 6) is 0.355. The second-order valence-corrected chi connectivity index (χ2v) is 5.04.